The van der Waals surface area contributed by atoms with Gasteiger partial charge in [-0.3, -0.25) is 0 Å². The number of likely N-dealkylation sites (N-methyl/N-ethyl adjacent to an activating group) is 1. The van der Waals surface area contributed by atoms with E-state index in [1.165, 1.54) is 6.07 Å². The van der Waals surface area contributed by atoms with E-state index in [0.717, 1.165) is 19.2 Å². The minimum absolute atomic E-state index is 0.0967. The molecule has 7 heteroatoms. The quantitative estimate of drug-likeness (QED) is 0.760. The van der Waals surface area contributed by atoms with Crippen molar-refractivity contribution in [1.82, 2.24) is 4.90 Å². The predicted octanol–water partition coefficient (Wildman–Crippen LogP) is 2.96. The van der Waals surface area contributed by atoms with E-state index in [4.69, 9.17) is 0 Å². The summed E-state index contributed by atoms with van der Waals surface area (Å²) in [5.74, 6) is -1.31. The third-order valence-electron chi connectivity index (χ3n) is 3.18. The second-order valence-corrected chi connectivity index (χ2v) is 4.71. The van der Waals surface area contributed by atoms with Gasteiger partial charge in [-0.05, 0) is 31.3 Å². The van der Waals surface area contributed by atoms with Gasteiger partial charge in [0.2, 0.25) is 0 Å². The third-order valence-corrected chi connectivity index (χ3v) is 3.18. The van der Waals surface area contributed by atoms with Crippen LogP contribution in [0.3, 0.4) is 0 Å². The van der Waals surface area contributed by atoms with Gasteiger partial charge in [-0.2, -0.15) is 13.2 Å². The number of rotatable bonds is 7. The summed E-state index contributed by atoms with van der Waals surface area (Å²) in [5.41, 5.74) is -1.19. The maximum atomic E-state index is 13.1. The van der Waals surface area contributed by atoms with Crippen molar-refractivity contribution >= 4 is 5.69 Å². The number of hydrogen-bond donors (Lipinski definition) is 2. The van der Waals surface area contributed by atoms with Gasteiger partial charge >= 0.3 is 6.18 Å². The van der Waals surface area contributed by atoms with E-state index in [9.17, 15) is 22.7 Å². The van der Waals surface area contributed by atoms with Gasteiger partial charge in [-0.1, -0.05) is 13.8 Å². The van der Waals surface area contributed by atoms with Crippen molar-refractivity contribution in [3.8, 4) is 0 Å². The SMILES string of the molecule is CCN(CC)CC(O)CNc1ccc(F)c(C(F)(F)F)c1. The highest BCUT2D eigenvalue weighted by atomic mass is 19.4. The molecular weight excluding hydrogens is 288 g/mol. The van der Waals surface area contributed by atoms with E-state index in [-0.39, 0.29) is 12.2 Å². The number of aliphatic hydroxyl groups is 1. The molecule has 1 atom stereocenters. The minimum atomic E-state index is -4.73. The van der Waals surface area contributed by atoms with Crippen molar-refractivity contribution in [2.45, 2.75) is 26.1 Å². The predicted molar refractivity (Wildman–Crippen MR) is 73.7 cm³/mol. The van der Waals surface area contributed by atoms with E-state index >= 15 is 0 Å². The van der Waals surface area contributed by atoms with E-state index in [0.29, 0.717) is 12.6 Å². The van der Waals surface area contributed by atoms with Crippen molar-refractivity contribution < 1.29 is 22.7 Å². The molecule has 0 saturated carbocycles. The molecule has 0 bridgehead atoms. The smallest absolute Gasteiger partial charge is 0.390 e. The average Bonchev–Trinajstić information content (AvgIpc) is 2.42. The summed E-state index contributed by atoms with van der Waals surface area (Å²) in [4.78, 5) is 2.00. The molecule has 1 rings (SSSR count). The van der Waals surface area contributed by atoms with E-state index < -0.39 is 23.7 Å². The van der Waals surface area contributed by atoms with Gasteiger partial charge in [0, 0.05) is 18.8 Å². The summed E-state index contributed by atoms with van der Waals surface area (Å²) in [7, 11) is 0. The van der Waals surface area contributed by atoms with Crippen LogP contribution in [-0.4, -0.2) is 42.3 Å². The molecule has 1 aromatic carbocycles. The zero-order valence-electron chi connectivity index (χ0n) is 12.0. The first kappa shape index (κ1) is 17.7. The van der Waals surface area contributed by atoms with Crippen LogP contribution in [0.2, 0.25) is 0 Å². The summed E-state index contributed by atoms with van der Waals surface area (Å²) < 4.78 is 50.8. The Hall–Kier alpha value is -1.34. The van der Waals surface area contributed by atoms with Crippen LogP contribution in [0.15, 0.2) is 18.2 Å². The van der Waals surface area contributed by atoms with Crippen LogP contribution in [-0.2, 0) is 6.18 Å². The normalized spacial score (nSPS) is 13.5. The molecule has 0 spiro atoms. The zero-order chi connectivity index (χ0) is 16.0. The number of anilines is 1. The Morgan fingerprint density at radius 1 is 1.24 bits per heavy atom. The van der Waals surface area contributed by atoms with E-state index in [1.54, 1.807) is 0 Å². The lowest BCUT2D eigenvalue weighted by molar-refractivity contribution is -0.139. The molecule has 21 heavy (non-hydrogen) atoms. The number of hydrogen-bond acceptors (Lipinski definition) is 3. The molecule has 0 amide bonds. The first-order valence-electron chi connectivity index (χ1n) is 6.79. The van der Waals surface area contributed by atoms with Gasteiger partial charge in [-0.25, -0.2) is 4.39 Å². The summed E-state index contributed by atoms with van der Waals surface area (Å²) in [6.07, 6.45) is -5.45. The first-order valence-corrected chi connectivity index (χ1v) is 6.79. The van der Waals surface area contributed by atoms with Crippen LogP contribution < -0.4 is 5.32 Å². The fourth-order valence-corrected chi connectivity index (χ4v) is 1.93. The molecule has 0 aliphatic heterocycles. The van der Waals surface area contributed by atoms with Crippen molar-refractivity contribution in [3.63, 3.8) is 0 Å². The summed E-state index contributed by atoms with van der Waals surface area (Å²) >= 11 is 0. The fourth-order valence-electron chi connectivity index (χ4n) is 1.93. The van der Waals surface area contributed by atoms with Crippen LogP contribution in [0, 0.1) is 5.82 Å². The second-order valence-electron chi connectivity index (χ2n) is 4.71. The molecule has 3 nitrogen and oxygen atoms in total. The largest absolute Gasteiger partial charge is 0.419 e. The first-order chi connectivity index (χ1) is 9.77. The Balaban J connectivity index is 2.64. The van der Waals surface area contributed by atoms with Crippen LogP contribution >= 0.6 is 0 Å². The lowest BCUT2D eigenvalue weighted by Crippen LogP contribution is -2.35. The molecule has 1 unspecified atom stereocenters. The Kier molecular flexibility index (Phi) is 6.42. The molecule has 0 aliphatic carbocycles. The Bertz CT molecular complexity index is 447. The van der Waals surface area contributed by atoms with Crippen LogP contribution in [0.25, 0.3) is 0 Å². The highest BCUT2D eigenvalue weighted by Crippen LogP contribution is 2.32. The Morgan fingerprint density at radius 3 is 2.38 bits per heavy atom. The van der Waals surface area contributed by atoms with Crippen LogP contribution in [0.4, 0.5) is 23.2 Å². The molecular formula is C14H20F4N2O. The Labute approximate surface area is 121 Å². The molecule has 120 valence electrons. The molecule has 1 aromatic rings. The van der Waals surface area contributed by atoms with Crippen molar-refractivity contribution in [1.29, 1.82) is 0 Å². The molecule has 0 radical (unpaired) electrons. The van der Waals surface area contributed by atoms with Gasteiger partial charge < -0.3 is 15.3 Å². The van der Waals surface area contributed by atoms with E-state index in [1.807, 2.05) is 18.7 Å². The minimum Gasteiger partial charge on any atom is -0.390 e. The van der Waals surface area contributed by atoms with Crippen LogP contribution in [0.5, 0.6) is 0 Å². The summed E-state index contributed by atoms with van der Waals surface area (Å²) in [6.45, 7) is 6.00. The summed E-state index contributed by atoms with van der Waals surface area (Å²) in [6, 6.07) is 2.69. The molecule has 0 aromatic heterocycles. The van der Waals surface area contributed by atoms with Crippen molar-refractivity contribution in [2.24, 2.45) is 0 Å². The van der Waals surface area contributed by atoms with Crippen LogP contribution in [0.1, 0.15) is 19.4 Å². The molecule has 0 aliphatic rings. The molecule has 0 fully saturated rings. The number of benzene rings is 1. The van der Waals surface area contributed by atoms with E-state index in [2.05, 4.69) is 5.32 Å². The lowest BCUT2D eigenvalue weighted by Gasteiger charge is -2.22. The monoisotopic (exact) mass is 308 g/mol. The molecule has 2 N–H and O–H groups in total. The van der Waals surface area contributed by atoms with Gasteiger partial charge in [-0.15, -0.1) is 0 Å². The van der Waals surface area contributed by atoms with Gasteiger partial charge in [0.15, 0.2) is 0 Å². The average molecular weight is 308 g/mol. The topological polar surface area (TPSA) is 35.5 Å². The molecule has 0 saturated heterocycles. The number of alkyl halides is 3. The van der Waals surface area contributed by atoms with Crippen molar-refractivity contribution in [3.05, 3.63) is 29.6 Å². The maximum Gasteiger partial charge on any atom is 0.419 e. The summed E-state index contributed by atoms with van der Waals surface area (Å²) in [5, 5.41) is 12.5. The second kappa shape index (κ2) is 7.61. The highest BCUT2D eigenvalue weighted by Gasteiger charge is 2.34. The van der Waals surface area contributed by atoms with Crippen molar-refractivity contribution in [2.75, 3.05) is 31.5 Å². The molecule has 0 heterocycles. The standard InChI is InChI=1S/C14H20F4N2O/c1-3-20(4-2)9-11(21)8-19-10-5-6-13(15)12(7-10)14(16,17)18/h5-7,11,19,21H,3-4,8-9H2,1-2H3. The fraction of sp³-hybridized carbons (Fsp3) is 0.571. The van der Waals surface area contributed by atoms with Gasteiger partial charge in [0.25, 0.3) is 0 Å². The number of halogens is 4. The lowest BCUT2D eigenvalue weighted by atomic mass is 10.1. The van der Waals surface area contributed by atoms with Gasteiger partial charge in [0.05, 0.1) is 11.7 Å². The third kappa shape index (κ3) is 5.51. The Morgan fingerprint density at radius 2 is 1.86 bits per heavy atom. The maximum absolute atomic E-state index is 13.1. The number of aliphatic hydroxyl groups excluding tert-OH is 1. The number of nitrogens with one attached hydrogen (secondary N) is 1. The number of nitrogens with zero attached hydrogens (tertiary/aromatic N) is 1. The van der Waals surface area contributed by atoms with Gasteiger partial charge in [0.1, 0.15) is 5.82 Å². The zero-order valence-corrected chi connectivity index (χ0v) is 12.0. The highest BCUT2D eigenvalue weighted by molar-refractivity contribution is 5.47.